The fraction of sp³-hybridized carbons (Fsp3) is 0.214. The molecule has 1 aliphatic heterocycles. The lowest BCUT2D eigenvalue weighted by atomic mass is 9.92. The average Bonchev–Trinajstić information content (AvgIpc) is 3.05. The number of aliphatic hydroxyl groups is 1. The zero-order valence-corrected chi connectivity index (χ0v) is 19.3. The van der Waals surface area contributed by atoms with Gasteiger partial charge in [0.25, 0.3) is 11.7 Å². The van der Waals surface area contributed by atoms with Crippen LogP contribution in [0.1, 0.15) is 39.4 Å². The number of methoxy groups -OCH3 is 1. The molecule has 0 radical (unpaired) electrons. The molecule has 1 unspecified atom stereocenters. The number of hydrogen-bond acceptors (Lipinski definition) is 4. The van der Waals surface area contributed by atoms with Crippen molar-refractivity contribution in [1.29, 1.82) is 0 Å². The van der Waals surface area contributed by atoms with E-state index in [4.69, 9.17) is 4.74 Å². The Morgan fingerprint density at radius 2 is 1.64 bits per heavy atom. The van der Waals surface area contributed by atoms with Gasteiger partial charge in [0.1, 0.15) is 11.5 Å². The van der Waals surface area contributed by atoms with Crippen LogP contribution in [0.4, 0.5) is 0 Å². The van der Waals surface area contributed by atoms with Crippen LogP contribution in [-0.4, -0.2) is 28.8 Å². The SMILES string of the molecule is COc1ccc(CN2C(=O)C(=O)/C(=C(/O)c3cc(C)ccc3C)C2c2cccc(C)c2)cc1. The van der Waals surface area contributed by atoms with Crippen molar-refractivity contribution in [1.82, 2.24) is 4.90 Å². The Labute approximate surface area is 193 Å². The van der Waals surface area contributed by atoms with Crippen LogP contribution in [0.15, 0.2) is 72.3 Å². The third-order valence-electron chi connectivity index (χ3n) is 6.06. The Morgan fingerprint density at radius 3 is 2.30 bits per heavy atom. The minimum absolute atomic E-state index is 0.118. The Hall–Kier alpha value is -3.86. The van der Waals surface area contributed by atoms with Crippen LogP contribution >= 0.6 is 0 Å². The summed E-state index contributed by atoms with van der Waals surface area (Å²) >= 11 is 0. The molecule has 0 aromatic heterocycles. The van der Waals surface area contributed by atoms with E-state index in [0.29, 0.717) is 11.3 Å². The van der Waals surface area contributed by atoms with Crippen molar-refractivity contribution >= 4 is 17.4 Å². The highest BCUT2D eigenvalue weighted by Crippen LogP contribution is 2.41. The minimum atomic E-state index is -0.688. The molecule has 1 N–H and O–H groups in total. The second kappa shape index (κ2) is 8.94. The Morgan fingerprint density at radius 1 is 0.939 bits per heavy atom. The van der Waals surface area contributed by atoms with Gasteiger partial charge >= 0.3 is 0 Å². The monoisotopic (exact) mass is 441 g/mol. The van der Waals surface area contributed by atoms with Crippen LogP contribution in [0, 0.1) is 20.8 Å². The van der Waals surface area contributed by atoms with E-state index in [1.807, 2.05) is 87.5 Å². The van der Waals surface area contributed by atoms with Gasteiger partial charge in [-0.3, -0.25) is 9.59 Å². The molecule has 4 rings (SSSR count). The van der Waals surface area contributed by atoms with Crippen molar-refractivity contribution in [2.24, 2.45) is 0 Å². The number of carbonyl (C=O) groups is 2. The molecular formula is C28H27NO4. The summed E-state index contributed by atoms with van der Waals surface area (Å²) in [6.45, 7) is 6.00. The first-order valence-electron chi connectivity index (χ1n) is 10.9. The largest absolute Gasteiger partial charge is 0.507 e. The summed E-state index contributed by atoms with van der Waals surface area (Å²) in [6, 6.07) is 20.1. The van der Waals surface area contributed by atoms with E-state index in [0.717, 1.165) is 27.8 Å². The number of aryl methyl sites for hydroxylation is 3. The number of carbonyl (C=O) groups excluding carboxylic acids is 2. The molecule has 0 bridgehead atoms. The fourth-order valence-corrected chi connectivity index (χ4v) is 4.29. The summed E-state index contributed by atoms with van der Waals surface area (Å²) < 4.78 is 5.22. The van der Waals surface area contributed by atoms with Crippen LogP contribution in [0.25, 0.3) is 5.76 Å². The molecule has 1 aliphatic rings. The van der Waals surface area contributed by atoms with Crippen molar-refractivity contribution in [3.8, 4) is 5.75 Å². The molecule has 3 aromatic rings. The summed E-state index contributed by atoms with van der Waals surface area (Å²) in [6.07, 6.45) is 0. The molecule has 1 heterocycles. The van der Waals surface area contributed by atoms with Crippen molar-refractivity contribution in [3.63, 3.8) is 0 Å². The van der Waals surface area contributed by atoms with Gasteiger partial charge in [0, 0.05) is 12.1 Å². The number of Topliss-reactive ketones (excluding diaryl/α,β-unsaturated/α-hetero) is 1. The van der Waals surface area contributed by atoms with Gasteiger partial charge in [-0.2, -0.15) is 0 Å². The maximum Gasteiger partial charge on any atom is 0.295 e. The highest BCUT2D eigenvalue weighted by Gasteiger charge is 2.46. The zero-order chi connectivity index (χ0) is 23.7. The van der Waals surface area contributed by atoms with Crippen LogP contribution in [0.2, 0.25) is 0 Å². The predicted octanol–water partition coefficient (Wildman–Crippen LogP) is 5.24. The van der Waals surface area contributed by atoms with E-state index in [1.165, 1.54) is 4.90 Å². The second-order valence-corrected chi connectivity index (χ2v) is 8.51. The Balaban J connectivity index is 1.87. The highest BCUT2D eigenvalue weighted by molar-refractivity contribution is 6.46. The van der Waals surface area contributed by atoms with Crippen molar-refractivity contribution in [2.45, 2.75) is 33.4 Å². The van der Waals surface area contributed by atoms with Gasteiger partial charge in [-0.05, 0) is 55.7 Å². The maximum absolute atomic E-state index is 13.3. The third kappa shape index (κ3) is 4.27. The molecule has 3 aromatic carbocycles. The summed E-state index contributed by atoms with van der Waals surface area (Å²) in [4.78, 5) is 28.0. The number of aliphatic hydroxyl groups excluding tert-OH is 1. The van der Waals surface area contributed by atoms with Crippen LogP contribution in [0.3, 0.4) is 0 Å². The van der Waals surface area contributed by atoms with Crippen LogP contribution in [-0.2, 0) is 16.1 Å². The first-order valence-corrected chi connectivity index (χ1v) is 10.9. The van der Waals surface area contributed by atoms with E-state index in [2.05, 4.69) is 0 Å². The molecule has 1 atom stereocenters. The summed E-state index contributed by atoms with van der Waals surface area (Å²) in [5, 5.41) is 11.3. The number of ether oxygens (including phenoxy) is 1. The summed E-state index contributed by atoms with van der Waals surface area (Å²) in [7, 11) is 1.60. The molecular weight excluding hydrogens is 414 g/mol. The average molecular weight is 442 g/mol. The van der Waals surface area contributed by atoms with Gasteiger partial charge in [0.2, 0.25) is 0 Å². The first kappa shape index (κ1) is 22.3. The van der Waals surface area contributed by atoms with Gasteiger partial charge in [-0.15, -0.1) is 0 Å². The molecule has 1 amide bonds. The Bertz CT molecular complexity index is 1260. The molecule has 1 fully saturated rings. The fourth-order valence-electron chi connectivity index (χ4n) is 4.29. The molecule has 0 spiro atoms. The van der Waals surface area contributed by atoms with Crippen molar-refractivity contribution in [2.75, 3.05) is 7.11 Å². The quantitative estimate of drug-likeness (QED) is 0.334. The molecule has 0 aliphatic carbocycles. The third-order valence-corrected chi connectivity index (χ3v) is 6.06. The molecule has 0 saturated carbocycles. The standard InChI is InChI=1S/C28H27NO4/c1-17-6-5-7-21(14-17)25-24(26(30)23-15-18(2)8-9-19(23)3)27(31)28(32)29(25)16-20-10-12-22(33-4)13-11-20/h5-15,25,30H,16H2,1-4H3/b26-24+. The number of ketones is 1. The normalized spacial score (nSPS) is 17.5. The van der Waals surface area contributed by atoms with E-state index in [-0.39, 0.29) is 17.9 Å². The molecule has 1 saturated heterocycles. The summed E-state index contributed by atoms with van der Waals surface area (Å²) in [5.41, 5.74) is 5.14. The van der Waals surface area contributed by atoms with E-state index in [1.54, 1.807) is 7.11 Å². The lowest BCUT2D eigenvalue weighted by Crippen LogP contribution is -2.29. The number of hydrogen-bond donors (Lipinski definition) is 1. The first-order chi connectivity index (χ1) is 15.8. The number of benzene rings is 3. The van der Waals surface area contributed by atoms with Gasteiger partial charge in [0.15, 0.2) is 0 Å². The van der Waals surface area contributed by atoms with Gasteiger partial charge in [-0.25, -0.2) is 0 Å². The van der Waals surface area contributed by atoms with Crippen molar-refractivity contribution in [3.05, 3.63) is 106 Å². The lowest BCUT2D eigenvalue weighted by Gasteiger charge is -2.26. The zero-order valence-electron chi connectivity index (χ0n) is 19.3. The van der Waals surface area contributed by atoms with Crippen LogP contribution < -0.4 is 4.74 Å². The van der Waals surface area contributed by atoms with Gasteiger partial charge < -0.3 is 14.7 Å². The van der Waals surface area contributed by atoms with Gasteiger partial charge in [0.05, 0.1) is 18.7 Å². The number of likely N-dealkylation sites (tertiary alicyclic amines) is 1. The molecule has 33 heavy (non-hydrogen) atoms. The maximum atomic E-state index is 13.3. The molecule has 5 nitrogen and oxygen atoms in total. The summed E-state index contributed by atoms with van der Waals surface area (Å²) in [5.74, 6) is -0.721. The molecule has 168 valence electrons. The number of amides is 1. The smallest absolute Gasteiger partial charge is 0.295 e. The Kier molecular flexibility index (Phi) is 6.05. The second-order valence-electron chi connectivity index (χ2n) is 8.51. The van der Waals surface area contributed by atoms with E-state index >= 15 is 0 Å². The lowest BCUT2D eigenvalue weighted by molar-refractivity contribution is -0.140. The predicted molar refractivity (Wildman–Crippen MR) is 128 cm³/mol. The van der Waals surface area contributed by atoms with Crippen molar-refractivity contribution < 1.29 is 19.4 Å². The number of rotatable bonds is 5. The number of nitrogens with zero attached hydrogens (tertiary/aromatic N) is 1. The molecule has 5 heteroatoms. The highest BCUT2D eigenvalue weighted by atomic mass is 16.5. The van der Waals surface area contributed by atoms with Crippen LogP contribution in [0.5, 0.6) is 5.75 Å². The van der Waals surface area contributed by atoms with Gasteiger partial charge in [-0.1, -0.05) is 59.7 Å². The van der Waals surface area contributed by atoms with E-state index in [9.17, 15) is 14.7 Å². The van der Waals surface area contributed by atoms with E-state index < -0.39 is 17.7 Å². The topological polar surface area (TPSA) is 66.8 Å². The minimum Gasteiger partial charge on any atom is -0.507 e.